The first kappa shape index (κ1) is 16.2. The minimum Gasteiger partial charge on any atom is -0.339 e. The Labute approximate surface area is 156 Å². The van der Waals surface area contributed by atoms with E-state index in [0.29, 0.717) is 29.7 Å². The van der Waals surface area contributed by atoms with Crippen molar-refractivity contribution in [1.82, 2.24) is 20.0 Å². The Morgan fingerprint density at radius 2 is 2.27 bits per heavy atom. The molecule has 2 aliphatic carbocycles. The van der Waals surface area contributed by atoms with E-state index in [1.807, 2.05) is 4.90 Å². The van der Waals surface area contributed by atoms with Crippen LogP contribution in [0.15, 0.2) is 22.9 Å². The highest BCUT2D eigenvalue weighted by Crippen LogP contribution is 2.50. The quantitative estimate of drug-likeness (QED) is 0.823. The van der Waals surface area contributed by atoms with Crippen LogP contribution in [-0.4, -0.2) is 39.0 Å². The van der Waals surface area contributed by atoms with Gasteiger partial charge in [0.2, 0.25) is 5.89 Å². The number of carbonyl (C=O) groups excluding carboxylic acids is 1. The molecule has 26 heavy (non-hydrogen) atoms. The summed E-state index contributed by atoms with van der Waals surface area (Å²) < 4.78 is 5.70. The summed E-state index contributed by atoms with van der Waals surface area (Å²) in [5, 5.41) is 4.74. The van der Waals surface area contributed by atoms with Crippen LogP contribution in [0.3, 0.4) is 0 Å². The summed E-state index contributed by atoms with van der Waals surface area (Å²) >= 11 is 6.02. The number of likely N-dealkylation sites (tertiary alicyclic amines) is 1. The molecule has 2 saturated carbocycles. The fourth-order valence-electron chi connectivity index (χ4n) is 4.60. The molecule has 1 amide bonds. The Morgan fingerprint density at radius 3 is 3.08 bits per heavy atom. The standard InChI is InChI=1S/C19H21ClN4O2/c20-14-5-7-21-15(9-14)17(25)24-10-13-2-1-6-19(13,11-24)18-22-16(23-26-18)8-12-3-4-12/h5,7,9,12-13H,1-4,6,8,10-11H2/t13-,19-/m1/s1. The summed E-state index contributed by atoms with van der Waals surface area (Å²) in [5.74, 6) is 2.58. The van der Waals surface area contributed by atoms with E-state index in [9.17, 15) is 4.79 Å². The van der Waals surface area contributed by atoms with Crippen molar-refractivity contribution in [3.63, 3.8) is 0 Å². The molecule has 0 bridgehead atoms. The second-order valence-electron chi connectivity index (χ2n) is 7.95. The maximum absolute atomic E-state index is 12.9. The molecule has 2 atom stereocenters. The van der Waals surface area contributed by atoms with Crippen LogP contribution in [0.1, 0.15) is 54.3 Å². The number of rotatable bonds is 4. The van der Waals surface area contributed by atoms with Gasteiger partial charge < -0.3 is 9.42 Å². The van der Waals surface area contributed by atoms with Crippen molar-refractivity contribution in [1.29, 1.82) is 0 Å². The summed E-state index contributed by atoms with van der Waals surface area (Å²) in [4.78, 5) is 23.7. The van der Waals surface area contributed by atoms with E-state index < -0.39 is 0 Å². The van der Waals surface area contributed by atoms with E-state index in [1.54, 1.807) is 18.3 Å². The number of aromatic nitrogens is 3. The molecule has 1 saturated heterocycles. The second-order valence-corrected chi connectivity index (χ2v) is 8.39. The number of pyridine rings is 1. The fourth-order valence-corrected chi connectivity index (χ4v) is 4.76. The third kappa shape index (κ3) is 2.71. The second kappa shape index (κ2) is 6.05. The Hall–Kier alpha value is -1.95. The Bertz CT molecular complexity index is 850. The van der Waals surface area contributed by atoms with Gasteiger partial charge in [0.15, 0.2) is 5.82 Å². The van der Waals surface area contributed by atoms with E-state index in [4.69, 9.17) is 21.1 Å². The Kier molecular flexibility index (Phi) is 3.78. The van der Waals surface area contributed by atoms with Crippen LogP contribution in [-0.2, 0) is 11.8 Å². The van der Waals surface area contributed by atoms with Crippen molar-refractivity contribution in [2.45, 2.75) is 43.9 Å². The molecule has 3 aliphatic rings. The van der Waals surface area contributed by atoms with Gasteiger partial charge in [0, 0.05) is 30.7 Å². The Balaban J connectivity index is 1.40. The molecule has 0 aromatic carbocycles. The molecule has 0 unspecified atom stereocenters. The number of fused-ring (bicyclic) bond motifs is 1. The van der Waals surface area contributed by atoms with E-state index in [0.717, 1.165) is 43.3 Å². The molecule has 3 heterocycles. The maximum Gasteiger partial charge on any atom is 0.272 e. The van der Waals surface area contributed by atoms with Crippen LogP contribution >= 0.6 is 11.6 Å². The van der Waals surface area contributed by atoms with Crippen molar-refractivity contribution < 1.29 is 9.32 Å². The van der Waals surface area contributed by atoms with E-state index in [2.05, 4.69) is 10.1 Å². The topological polar surface area (TPSA) is 72.1 Å². The van der Waals surface area contributed by atoms with Crippen LogP contribution in [0, 0.1) is 11.8 Å². The molecule has 2 aromatic rings. The van der Waals surface area contributed by atoms with Crippen LogP contribution in [0.25, 0.3) is 0 Å². The molecule has 0 N–H and O–H groups in total. The lowest BCUT2D eigenvalue weighted by atomic mass is 9.80. The molecule has 136 valence electrons. The van der Waals surface area contributed by atoms with Gasteiger partial charge in [0.25, 0.3) is 5.91 Å². The van der Waals surface area contributed by atoms with Crippen LogP contribution in [0.2, 0.25) is 5.02 Å². The van der Waals surface area contributed by atoms with Gasteiger partial charge in [-0.3, -0.25) is 9.78 Å². The highest BCUT2D eigenvalue weighted by Gasteiger charge is 2.55. The summed E-state index contributed by atoms with van der Waals surface area (Å²) in [7, 11) is 0. The maximum atomic E-state index is 12.9. The third-order valence-corrected chi connectivity index (χ3v) is 6.40. The van der Waals surface area contributed by atoms with Crippen LogP contribution in [0.5, 0.6) is 0 Å². The predicted octanol–water partition coefficient (Wildman–Crippen LogP) is 3.26. The lowest BCUT2D eigenvalue weighted by Gasteiger charge is -2.24. The number of nitrogens with zero attached hydrogens (tertiary/aromatic N) is 4. The molecule has 6 nitrogen and oxygen atoms in total. The minimum atomic E-state index is -0.191. The fraction of sp³-hybridized carbons (Fsp3) is 0.579. The summed E-state index contributed by atoms with van der Waals surface area (Å²) in [6.07, 6.45) is 8.26. The average Bonchev–Trinajstić information content (AvgIpc) is 3.03. The van der Waals surface area contributed by atoms with Gasteiger partial charge in [-0.1, -0.05) is 23.2 Å². The minimum absolute atomic E-state index is 0.0704. The van der Waals surface area contributed by atoms with Crippen molar-refractivity contribution in [2.24, 2.45) is 11.8 Å². The highest BCUT2D eigenvalue weighted by molar-refractivity contribution is 6.30. The van der Waals surface area contributed by atoms with Crippen molar-refractivity contribution in [3.8, 4) is 0 Å². The third-order valence-electron chi connectivity index (χ3n) is 6.16. The zero-order valence-corrected chi connectivity index (χ0v) is 15.3. The average molecular weight is 373 g/mol. The summed E-state index contributed by atoms with van der Waals surface area (Å²) in [5.41, 5.74) is 0.204. The number of hydrogen-bond acceptors (Lipinski definition) is 5. The van der Waals surface area contributed by atoms with E-state index in [1.165, 1.54) is 12.8 Å². The van der Waals surface area contributed by atoms with Gasteiger partial charge in [0.05, 0.1) is 5.41 Å². The molecule has 1 aliphatic heterocycles. The van der Waals surface area contributed by atoms with Gasteiger partial charge in [-0.15, -0.1) is 0 Å². The first-order valence-electron chi connectivity index (χ1n) is 9.38. The lowest BCUT2D eigenvalue weighted by molar-refractivity contribution is 0.0769. The molecule has 3 fully saturated rings. The normalized spacial score (nSPS) is 27.7. The molecule has 5 rings (SSSR count). The number of carbonyl (C=O) groups is 1. The van der Waals surface area contributed by atoms with Crippen LogP contribution in [0.4, 0.5) is 0 Å². The molecular formula is C19H21ClN4O2. The van der Waals surface area contributed by atoms with Gasteiger partial charge in [-0.2, -0.15) is 4.98 Å². The SMILES string of the molecule is O=C(c1cc(Cl)ccn1)N1C[C@H]2CCC[C@@]2(c2nc(CC3CC3)no2)C1. The predicted molar refractivity (Wildman–Crippen MR) is 94.9 cm³/mol. The first-order chi connectivity index (χ1) is 12.6. The zero-order chi connectivity index (χ0) is 17.7. The monoisotopic (exact) mass is 372 g/mol. The van der Waals surface area contributed by atoms with Gasteiger partial charge >= 0.3 is 0 Å². The smallest absolute Gasteiger partial charge is 0.272 e. The Morgan fingerprint density at radius 1 is 1.38 bits per heavy atom. The highest BCUT2D eigenvalue weighted by atomic mass is 35.5. The molecule has 7 heteroatoms. The zero-order valence-electron chi connectivity index (χ0n) is 14.5. The number of hydrogen-bond donors (Lipinski definition) is 0. The molecular weight excluding hydrogens is 352 g/mol. The van der Waals surface area contributed by atoms with Crippen molar-refractivity contribution >= 4 is 17.5 Å². The first-order valence-corrected chi connectivity index (χ1v) is 9.76. The van der Waals surface area contributed by atoms with Gasteiger partial charge in [-0.25, -0.2) is 0 Å². The largest absolute Gasteiger partial charge is 0.339 e. The summed E-state index contributed by atoms with van der Waals surface area (Å²) in [6, 6.07) is 3.31. The number of halogens is 1. The van der Waals surface area contributed by atoms with Crippen LogP contribution < -0.4 is 0 Å². The van der Waals surface area contributed by atoms with Crippen molar-refractivity contribution in [3.05, 3.63) is 40.8 Å². The molecule has 0 spiro atoms. The van der Waals surface area contributed by atoms with E-state index in [-0.39, 0.29) is 11.3 Å². The van der Waals surface area contributed by atoms with Crippen molar-refractivity contribution in [2.75, 3.05) is 13.1 Å². The summed E-state index contributed by atoms with van der Waals surface area (Å²) in [6.45, 7) is 1.34. The van der Waals surface area contributed by atoms with Gasteiger partial charge in [0.1, 0.15) is 5.69 Å². The lowest BCUT2D eigenvalue weighted by Crippen LogP contribution is -2.35. The molecule has 0 radical (unpaired) electrons. The van der Waals surface area contributed by atoms with Gasteiger partial charge in [-0.05, 0) is 49.7 Å². The molecule has 2 aromatic heterocycles. The number of amides is 1. The van der Waals surface area contributed by atoms with E-state index >= 15 is 0 Å².